The standard InChI is InChI=1S/C90H90N4/c1-85(2,3)59-28-36-77-69(47-59)70-48-60(86(4,5)6)29-37-78(70)93(77)67-34-42-83-75(53-67)73-51-63(89(13,14)15)32-40-81(73)91(83)65-26-20-24-57(45-65)55-22-19-23-56(44-55)58-25-21-27-66(46-58)92-82-41-33-64(90(16,17)18)52-74(82)76-54-68(35-43-84(76)92)94-79-38-30-61(87(7,8)9)49-71(79)72-50-62(88(10,11)12)31-39-80(72)94/h19-54H,1-18H3. The lowest BCUT2D eigenvalue weighted by Crippen LogP contribution is -2.10. The van der Waals surface area contributed by atoms with Crippen molar-refractivity contribution < 1.29 is 0 Å². The van der Waals surface area contributed by atoms with Gasteiger partial charge in [-0.05, 0) is 228 Å². The van der Waals surface area contributed by atoms with Crippen LogP contribution in [-0.4, -0.2) is 18.3 Å². The monoisotopic (exact) mass is 1230 g/mol. The second-order valence-electron chi connectivity index (χ2n) is 33.3. The largest absolute Gasteiger partial charge is 0.309 e. The molecule has 4 aromatic heterocycles. The van der Waals surface area contributed by atoms with Gasteiger partial charge in [-0.1, -0.05) is 203 Å². The molecule has 470 valence electrons. The van der Waals surface area contributed by atoms with Gasteiger partial charge in [-0.15, -0.1) is 0 Å². The Morgan fingerprint density at radius 2 is 0.351 bits per heavy atom. The first-order chi connectivity index (χ1) is 44.4. The second-order valence-corrected chi connectivity index (χ2v) is 33.3. The Labute approximate surface area is 556 Å². The molecular formula is C90H90N4. The third kappa shape index (κ3) is 10.2. The molecule has 4 heteroatoms. The van der Waals surface area contributed by atoms with Gasteiger partial charge in [0.05, 0.1) is 44.1 Å². The molecule has 0 aliphatic rings. The minimum absolute atomic E-state index is 0.0226. The molecule has 15 aromatic rings. The van der Waals surface area contributed by atoms with Gasteiger partial charge in [0, 0.05) is 65.8 Å². The molecule has 0 bridgehead atoms. The van der Waals surface area contributed by atoms with Crippen LogP contribution in [0.1, 0.15) is 158 Å². The Bertz CT molecular complexity index is 5110. The highest BCUT2D eigenvalue weighted by Crippen LogP contribution is 2.45. The smallest absolute Gasteiger partial charge is 0.0542 e. The first-order valence-corrected chi connectivity index (χ1v) is 34.1. The van der Waals surface area contributed by atoms with Gasteiger partial charge in [-0.25, -0.2) is 0 Å². The lowest BCUT2D eigenvalue weighted by molar-refractivity contribution is 0.590. The van der Waals surface area contributed by atoms with Crippen molar-refractivity contribution in [3.8, 4) is 45.0 Å². The molecular weight excluding hydrogens is 1140 g/mol. The van der Waals surface area contributed by atoms with E-state index in [-0.39, 0.29) is 32.5 Å². The Morgan fingerprint density at radius 1 is 0.170 bits per heavy atom. The van der Waals surface area contributed by atoms with Crippen LogP contribution >= 0.6 is 0 Å². The van der Waals surface area contributed by atoms with Gasteiger partial charge in [0.25, 0.3) is 0 Å². The van der Waals surface area contributed by atoms with Gasteiger partial charge in [0.1, 0.15) is 0 Å². The van der Waals surface area contributed by atoms with E-state index < -0.39 is 0 Å². The molecule has 0 radical (unpaired) electrons. The van der Waals surface area contributed by atoms with E-state index in [1.807, 2.05) is 0 Å². The van der Waals surface area contributed by atoms with Crippen LogP contribution in [0.5, 0.6) is 0 Å². The first kappa shape index (κ1) is 60.8. The number of hydrogen-bond acceptors (Lipinski definition) is 0. The van der Waals surface area contributed by atoms with Crippen molar-refractivity contribution in [3.05, 3.63) is 252 Å². The van der Waals surface area contributed by atoms with E-state index in [1.54, 1.807) is 0 Å². The van der Waals surface area contributed by atoms with Crippen molar-refractivity contribution in [1.29, 1.82) is 0 Å². The lowest BCUT2D eigenvalue weighted by atomic mass is 9.85. The van der Waals surface area contributed by atoms with Gasteiger partial charge in [-0.3, -0.25) is 0 Å². The van der Waals surface area contributed by atoms with E-state index in [9.17, 15) is 0 Å². The second kappa shape index (κ2) is 21.1. The van der Waals surface area contributed by atoms with Crippen molar-refractivity contribution in [3.63, 3.8) is 0 Å². The summed E-state index contributed by atoms with van der Waals surface area (Å²) in [5.41, 5.74) is 27.0. The quantitative estimate of drug-likeness (QED) is 0.158. The maximum absolute atomic E-state index is 2.50. The van der Waals surface area contributed by atoms with E-state index in [1.165, 1.54) is 143 Å². The number of fused-ring (bicyclic) bond motifs is 12. The number of benzene rings is 11. The third-order valence-corrected chi connectivity index (χ3v) is 20.5. The number of hydrogen-bond donors (Lipinski definition) is 0. The summed E-state index contributed by atoms with van der Waals surface area (Å²) in [6, 6.07) is 84.6. The molecule has 15 rings (SSSR count). The van der Waals surface area contributed by atoms with Crippen LogP contribution in [0.2, 0.25) is 0 Å². The van der Waals surface area contributed by atoms with Crippen molar-refractivity contribution in [2.24, 2.45) is 0 Å². The van der Waals surface area contributed by atoms with Crippen LogP contribution < -0.4 is 0 Å². The zero-order chi connectivity index (χ0) is 66.1. The Morgan fingerprint density at radius 3 is 0.574 bits per heavy atom. The van der Waals surface area contributed by atoms with E-state index in [0.29, 0.717) is 0 Å². The van der Waals surface area contributed by atoms with E-state index in [2.05, 4.69) is 361 Å². The molecule has 0 atom stereocenters. The predicted octanol–water partition coefficient (Wildman–Crippen LogP) is 25.2. The molecule has 0 aliphatic carbocycles. The van der Waals surface area contributed by atoms with E-state index in [4.69, 9.17) is 0 Å². The molecule has 4 nitrogen and oxygen atoms in total. The predicted molar refractivity (Wildman–Crippen MR) is 407 cm³/mol. The summed E-state index contributed by atoms with van der Waals surface area (Å²) in [6.07, 6.45) is 0. The fourth-order valence-corrected chi connectivity index (χ4v) is 14.8. The molecule has 0 saturated carbocycles. The Hall–Kier alpha value is -9.38. The Kier molecular flexibility index (Phi) is 13.6. The van der Waals surface area contributed by atoms with Crippen LogP contribution in [0.3, 0.4) is 0 Å². The molecule has 0 N–H and O–H groups in total. The number of rotatable bonds is 6. The summed E-state index contributed by atoms with van der Waals surface area (Å²) in [5.74, 6) is 0. The fraction of sp³-hybridized carbons (Fsp3) is 0.267. The van der Waals surface area contributed by atoms with Crippen LogP contribution in [0.15, 0.2) is 218 Å². The molecule has 4 heterocycles. The molecule has 11 aromatic carbocycles. The average Bonchev–Trinajstić information content (AvgIpc) is 1.58. The summed E-state index contributed by atoms with van der Waals surface area (Å²) in [4.78, 5) is 0. The van der Waals surface area contributed by atoms with Crippen LogP contribution in [0.25, 0.3) is 132 Å². The Balaban J connectivity index is 0.834. The fourth-order valence-electron chi connectivity index (χ4n) is 14.8. The minimum atomic E-state index is -0.0270. The highest BCUT2D eigenvalue weighted by molar-refractivity contribution is 6.15. The summed E-state index contributed by atoms with van der Waals surface area (Å²) in [5, 5.41) is 10.2. The van der Waals surface area contributed by atoms with Gasteiger partial charge in [0.15, 0.2) is 0 Å². The first-order valence-electron chi connectivity index (χ1n) is 34.1. The average molecular weight is 1230 g/mol. The highest BCUT2D eigenvalue weighted by Gasteiger charge is 2.27. The molecule has 94 heavy (non-hydrogen) atoms. The molecule has 0 aliphatic heterocycles. The van der Waals surface area contributed by atoms with Gasteiger partial charge in [-0.2, -0.15) is 0 Å². The van der Waals surface area contributed by atoms with Crippen LogP contribution in [-0.2, 0) is 32.5 Å². The highest BCUT2D eigenvalue weighted by atomic mass is 15.0. The molecule has 0 saturated heterocycles. The maximum Gasteiger partial charge on any atom is 0.0542 e. The van der Waals surface area contributed by atoms with Gasteiger partial charge < -0.3 is 18.3 Å². The van der Waals surface area contributed by atoms with Crippen LogP contribution in [0.4, 0.5) is 0 Å². The van der Waals surface area contributed by atoms with Crippen molar-refractivity contribution in [2.45, 2.75) is 157 Å². The topological polar surface area (TPSA) is 19.7 Å². The van der Waals surface area contributed by atoms with Crippen molar-refractivity contribution in [1.82, 2.24) is 18.3 Å². The molecule has 0 spiro atoms. The normalized spacial score (nSPS) is 13.2. The van der Waals surface area contributed by atoms with Gasteiger partial charge in [0.2, 0.25) is 0 Å². The third-order valence-electron chi connectivity index (χ3n) is 20.5. The maximum atomic E-state index is 2.50. The molecule has 0 unspecified atom stereocenters. The zero-order valence-corrected chi connectivity index (χ0v) is 58.6. The summed E-state index contributed by atoms with van der Waals surface area (Å²) < 4.78 is 9.98. The van der Waals surface area contributed by atoms with E-state index in [0.717, 1.165) is 22.7 Å². The molecule has 0 amide bonds. The molecule has 0 fully saturated rings. The summed E-state index contributed by atoms with van der Waals surface area (Å²) in [7, 11) is 0. The van der Waals surface area contributed by atoms with Crippen molar-refractivity contribution >= 4 is 87.2 Å². The van der Waals surface area contributed by atoms with E-state index >= 15 is 0 Å². The lowest BCUT2D eigenvalue weighted by Gasteiger charge is -2.19. The summed E-state index contributed by atoms with van der Waals surface area (Å²) in [6.45, 7) is 41.7. The SMILES string of the molecule is CC(C)(C)c1ccc2c(c1)c1cc(-n3c4ccc(C(C)(C)C)cc4c4cc(C(C)(C)C)ccc43)ccc1n2-c1cccc(-c2cccc(-c3cccc(-n4c5ccc(-n6c7ccc(C(C)(C)C)cc7c7cc(C(C)(C)C)ccc76)cc5c5cc(C(C)(C)C)ccc54)c3)c2)c1. The minimum Gasteiger partial charge on any atom is -0.309 e. The van der Waals surface area contributed by atoms with Crippen molar-refractivity contribution in [2.75, 3.05) is 0 Å². The zero-order valence-electron chi connectivity index (χ0n) is 58.6. The number of nitrogens with zero attached hydrogens (tertiary/aromatic N) is 4. The summed E-state index contributed by atoms with van der Waals surface area (Å²) >= 11 is 0. The number of aromatic nitrogens is 4. The van der Waals surface area contributed by atoms with Gasteiger partial charge >= 0.3 is 0 Å². The van der Waals surface area contributed by atoms with Crippen LogP contribution in [0, 0.1) is 0 Å².